The van der Waals surface area contributed by atoms with Crippen LogP contribution in [0.2, 0.25) is 0 Å². The maximum atomic E-state index is 9.26. The summed E-state index contributed by atoms with van der Waals surface area (Å²) in [5.41, 5.74) is 4.65. The van der Waals surface area contributed by atoms with Crippen LogP contribution in [0.3, 0.4) is 0 Å². The van der Waals surface area contributed by atoms with E-state index in [1.165, 1.54) is 11.3 Å². The zero-order chi connectivity index (χ0) is 13.1. The van der Waals surface area contributed by atoms with Crippen LogP contribution >= 0.6 is 0 Å². The Bertz CT molecular complexity index is 529. The highest BCUT2D eigenvalue weighted by Gasteiger charge is 2.10. The Labute approximate surface area is 107 Å². The van der Waals surface area contributed by atoms with E-state index in [9.17, 15) is 5.11 Å². The summed E-state index contributed by atoms with van der Waals surface area (Å²) in [6.07, 6.45) is 0. The van der Waals surface area contributed by atoms with Gasteiger partial charge in [0.25, 0.3) is 0 Å². The first-order valence-electron chi connectivity index (χ1n) is 6.07. The summed E-state index contributed by atoms with van der Waals surface area (Å²) >= 11 is 0. The fraction of sp³-hybridized carbons (Fsp3) is 0.357. The Morgan fingerprint density at radius 1 is 1.22 bits per heavy atom. The molecule has 18 heavy (non-hydrogen) atoms. The van der Waals surface area contributed by atoms with Crippen LogP contribution in [-0.2, 0) is 13.1 Å². The van der Waals surface area contributed by atoms with Crippen molar-refractivity contribution in [2.75, 3.05) is 7.05 Å². The third-order valence-electron chi connectivity index (χ3n) is 3.15. The minimum absolute atomic E-state index is 0.294. The zero-order valence-electron chi connectivity index (χ0n) is 11.1. The Morgan fingerprint density at radius 3 is 2.50 bits per heavy atom. The lowest BCUT2D eigenvalue weighted by Gasteiger charge is -2.06. The molecule has 0 fully saturated rings. The van der Waals surface area contributed by atoms with E-state index < -0.39 is 0 Å². The van der Waals surface area contributed by atoms with E-state index in [0.29, 0.717) is 5.75 Å². The summed E-state index contributed by atoms with van der Waals surface area (Å²) in [4.78, 5) is 0. The summed E-state index contributed by atoms with van der Waals surface area (Å²) in [5, 5.41) is 17.0. The van der Waals surface area contributed by atoms with Crippen LogP contribution in [0.1, 0.15) is 22.5 Å². The predicted octanol–water partition coefficient (Wildman–Crippen LogP) is 1.97. The average molecular weight is 245 g/mol. The number of nitrogens with zero attached hydrogens (tertiary/aromatic N) is 2. The van der Waals surface area contributed by atoms with Crippen molar-refractivity contribution in [3.05, 3.63) is 46.8 Å². The maximum Gasteiger partial charge on any atom is 0.115 e. The Hall–Kier alpha value is -1.81. The lowest BCUT2D eigenvalue weighted by atomic mass is 10.2. The first-order valence-corrected chi connectivity index (χ1v) is 6.07. The molecule has 0 aliphatic rings. The third-order valence-corrected chi connectivity index (χ3v) is 3.15. The molecule has 0 saturated carbocycles. The molecule has 0 aliphatic carbocycles. The Kier molecular flexibility index (Phi) is 3.67. The molecule has 0 spiro atoms. The number of aryl methyl sites for hydroxylation is 1. The fourth-order valence-electron chi connectivity index (χ4n) is 2.09. The molecule has 2 rings (SSSR count). The summed E-state index contributed by atoms with van der Waals surface area (Å²) in [6.45, 7) is 5.70. The molecule has 2 N–H and O–H groups in total. The van der Waals surface area contributed by atoms with Crippen LogP contribution in [0.5, 0.6) is 5.75 Å². The second kappa shape index (κ2) is 5.23. The van der Waals surface area contributed by atoms with Crippen molar-refractivity contribution in [2.45, 2.75) is 26.9 Å². The van der Waals surface area contributed by atoms with Crippen LogP contribution in [0, 0.1) is 13.8 Å². The van der Waals surface area contributed by atoms with Crippen molar-refractivity contribution in [3.8, 4) is 5.75 Å². The minimum Gasteiger partial charge on any atom is -0.508 e. The van der Waals surface area contributed by atoms with Crippen LogP contribution in [0.4, 0.5) is 0 Å². The second-order valence-corrected chi connectivity index (χ2v) is 4.50. The van der Waals surface area contributed by atoms with Gasteiger partial charge in [-0.25, -0.2) is 0 Å². The van der Waals surface area contributed by atoms with Crippen molar-refractivity contribution in [3.63, 3.8) is 0 Å². The van der Waals surface area contributed by atoms with Gasteiger partial charge in [0.05, 0.1) is 12.2 Å². The largest absolute Gasteiger partial charge is 0.508 e. The van der Waals surface area contributed by atoms with Gasteiger partial charge in [-0.05, 0) is 38.6 Å². The number of nitrogens with one attached hydrogen (secondary N) is 1. The molecule has 4 heteroatoms. The quantitative estimate of drug-likeness (QED) is 0.866. The molecule has 1 aromatic carbocycles. The van der Waals surface area contributed by atoms with Gasteiger partial charge in [-0.2, -0.15) is 5.10 Å². The molecule has 4 nitrogen and oxygen atoms in total. The van der Waals surface area contributed by atoms with E-state index in [-0.39, 0.29) is 0 Å². The standard InChI is InChI=1S/C14H19N3O/c1-10-14(8-15-3)11(2)17(16-10)9-12-4-6-13(18)7-5-12/h4-7,15,18H,8-9H2,1-3H3. The average Bonchev–Trinajstić information content (AvgIpc) is 2.60. The molecular weight excluding hydrogens is 226 g/mol. The Balaban J connectivity index is 2.24. The number of rotatable bonds is 4. The van der Waals surface area contributed by atoms with Crippen LogP contribution in [0.25, 0.3) is 0 Å². The van der Waals surface area contributed by atoms with E-state index in [2.05, 4.69) is 17.3 Å². The van der Waals surface area contributed by atoms with Crippen molar-refractivity contribution < 1.29 is 5.11 Å². The molecular formula is C14H19N3O. The van der Waals surface area contributed by atoms with Crippen LogP contribution < -0.4 is 5.32 Å². The topological polar surface area (TPSA) is 50.1 Å². The lowest BCUT2D eigenvalue weighted by Crippen LogP contribution is -2.08. The highest BCUT2D eigenvalue weighted by atomic mass is 16.3. The van der Waals surface area contributed by atoms with Crippen molar-refractivity contribution >= 4 is 0 Å². The van der Waals surface area contributed by atoms with Gasteiger partial charge in [0.1, 0.15) is 5.75 Å². The number of hydrogen-bond donors (Lipinski definition) is 2. The normalized spacial score (nSPS) is 10.8. The van der Waals surface area contributed by atoms with Gasteiger partial charge in [0.15, 0.2) is 0 Å². The van der Waals surface area contributed by atoms with Gasteiger partial charge in [-0.3, -0.25) is 4.68 Å². The van der Waals surface area contributed by atoms with Gasteiger partial charge >= 0.3 is 0 Å². The summed E-state index contributed by atoms with van der Waals surface area (Å²) in [6, 6.07) is 7.25. The number of benzene rings is 1. The summed E-state index contributed by atoms with van der Waals surface area (Å²) in [7, 11) is 1.94. The molecule has 96 valence electrons. The number of aromatic hydroxyl groups is 1. The molecule has 0 amide bonds. The highest BCUT2D eigenvalue weighted by molar-refractivity contribution is 5.28. The summed E-state index contributed by atoms with van der Waals surface area (Å²) in [5.74, 6) is 0.294. The number of hydrogen-bond acceptors (Lipinski definition) is 3. The lowest BCUT2D eigenvalue weighted by molar-refractivity contribution is 0.475. The van der Waals surface area contributed by atoms with Crippen molar-refractivity contribution in [2.24, 2.45) is 0 Å². The van der Waals surface area contributed by atoms with E-state index in [1.807, 2.05) is 30.8 Å². The van der Waals surface area contributed by atoms with Crippen LogP contribution in [0.15, 0.2) is 24.3 Å². The van der Waals surface area contributed by atoms with E-state index in [0.717, 1.165) is 24.3 Å². The zero-order valence-corrected chi connectivity index (χ0v) is 11.1. The molecule has 0 saturated heterocycles. The number of aromatic nitrogens is 2. The molecule has 1 heterocycles. The smallest absolute Gasteiger partial charge is 0.115 e. The molecule has 0 radical (unpaired) electrons. The third kappa shape index (κ3) is 2.54. The maximum absolute atomic E-state index is 9.26. The number of phenols is 1. The number of phenolic OH excluding ortho intramolecular Hbond substituents is 1. The van der Waals surface area contributed by atoms with Gasteiger partial charge in [-0.1, -0.05) is 12.1 Å². The highest BCUT2D eigenvalue weighted by Crippen LogP contribution is 2.16. The van der Waals surface area contributed by atoms with E-state index in [1.54, 1.807) is 12.1 Å². The van der Waals surface area contributed by atoms with Crippen LogP contribution in [-0.4, -0.2) is 21.9 Å². The minimum atomic E-state index is 0.294. The van der Waals surface area contributed by atoms with Gasteiger partial charge in [0.2, 0.25) is 0 Å². The fourth-order valence-corrected chi connectivity index (χ4v) is 2.09. The molecule has 0 unspecified atom stereocenters. The first-order chi connectivity index (χ1) is 8.61. The van der Waals surface area contributed by atoms with Gasteiger partial charge in [-0.15, -0.1) is 0 Å². The monoisotopic (exact) mass is 245 g/mol. The van der Waals surface area contributed by atoms with Crippen molar-refractivity contribution in [1.82, 2.24) is 15.1 Å². The molecule has 0 aliphatic heterocycles. The Morgan fingerprint density at radius 2 is 1.89 bits per heavy atom. The second-order valence-electron chi connectivity index (χ2n) is 4.50. The SMILES string of the molecule is CNCc1c(C)nn(Cc2ccc(O)cc2)c1C. The summed E-state index contributed by atoms with van der Waals surface area (Å²) < 4.78 is 2.01. The van der Waals surface area contributed by atoms with E-state index >= 15 is 0 Å². The first kappa shape index (κ1) is 12.6. The molecule has 2 aromatic rings. The van der Waals surface area contributed by atoms with E-state index in [4.69, 9.17) is 0 Å². The van der Waals surface area contributed by atoms with Gasteiger partial charge in [0, 0.05) is 17.8 Å². The van der Waals surface area contributed by atoms with Gasteiger partial charge < -0.3 is 10.4 Å². The molecule has 0 bridgehead atoms. The molecule has 1 aromatic heterocycles. The van der Waals surface area contributed by atoms with Crippen molar-refractivity contribution in [1.29, 1.82) is 0 Å². The molecule has 0 atom stereocenters. The predicted molar refractivity (Wildman–Crippen MR) is 71.7 cm³/mol.